The van der Waals surface area contributed by atoms with Crippen molar-refractivity contribution in [1.29, 1.82) is 0 Å². The summed E-state index contributed by atoms with van der Waals surface area (Å²) >= 11 is 1.17. The Balaban J connectivity index is 1.59. The summed E-state index contributed by atoms with van der Waals surface area (Å²) in [7, 11) is -2.08. The molecule has 0 unspecified atom stereocenters. The molecule has 1 aromatic carbocycles. The smallest absolute Gasteiger partial charge is 0.273 e. The minimum atomic E-state index is -3.58. The summed E-state index contributed by atoms with van der Waals surface area (Å²) in [5.41, 5.74) is 0.508. The molecule has 1 N–H and O–H groups in total. The molecule has 158 valence electrons. The zero-order chi connectivity index (χ0) is 21.0. The molecule has 29 heavy (non-hydrogen) atoms. The predicted molar refractivity (Wildman–Crippen MR) is 113 cm³/mol. The van der Waals surface area contributed by atoms with E-state index in [0.717, 1.165) is 12.8 Å². The topological polar surface area (TPSA) is 87.2 Å². The number of hydrogen-bond acceptors (Lipinski definition) is 6. The number of likely N-dealkylation sites (tertiary alicyclic amines) is 1. The Kier molecular flexibility index (Phi) is 6.81. The number of ether oxygens (including phenoxy) is 1. The van der Waals surface area contributed by atoms with Crippen molar-refractivity contribution in [3.05, 3.63) is 41.8 Å². The zero-order valence-electron chi connectivity index (χ0n) is 16.5. The molecule has 0 bridgehead atoms. The standard InChI is InChI=1S/C20H26N2O5S2/c1-15(23)13-17-5-3-11-22(17)19(24)14-27-18-9-7-16(8-10-18)21(2)29(25,26)20-6-4-12-28-20/h4,6-10,12,15,17,23H,3,5,11,13-14H2,1-2H3/t15-,17+/m1/s1. The van der Waals surface area contributed by atoms with E-state index in [2.05, 4.69) is 0 Å². The van der Waals surface area contributed by atoms with Crippen molar-refractivity contribution in [3.63, 3.8) is 0 Å². The predicted octanol–water partition coefficient (Wildman–Crippen LogP) is 2.71. The Labute approximate surface area is 175 Å². The summed E-state index contributed by atoms with van der Waals surface area (Å²) in [6.07, 6.45) is 1.97. The highest BCUT2D eigenvalue weighted by Gasteiger charge is 2.29. The quantitative estimate of drug-likeness (QED) is 0.685. The first-order valence-corrected chi connectivity index (χ1v) is 11.8. The molecule has 3 rings (SSSR count). The van der Waals surface area contributed by atoms with E-state index in [4.69, 9.17) is 4.74 Å². The maximum absolute atomic E-state index is 12.6. The van der Waals surface area contributed by atoms with Crippen molar-refractivity contribution in [2.45, 2.75) is 42.5 Å². The van der Waals surface area contributed by atoms with Gasteiger partial charge in [0, 0.05) is 19.6 Å². The van der Waals surface area contributed by atoms with Gasteiger partial charge >= 0.3 is 0 Å². The minimum absolute atomic E-state index is 0.0598. The fourth-order valence-corrected chi connectivity index (χ4v) is 5.82. The molecule has 1 fully saturated rings. The van der Waals surface area contributed by atoms with Crippen LogP contribution in [0.15, 0.2) is 46.0 Å². The van der Waals surface area contributed by atoms with Gasteiger partial charge in [-0.25, -0.2) is 8.42 Å². The second kappa shape index (κ2) is 9.15. The van der Waals surface area contributed by atoms with E-state index < -0.39 is 16.1 Å². The van der Waals surface area contributed by atoms with E-state index in [1.807, 2.05) is 0 Å². The fourth-order valence-electron chi connectivity index (χ4n) is 3.47. The Morgan fingerprint density at radius 1 is 1.34 bits per heavy atom. The van der Waals surface area contributed by atoms with Crippen molar-refractivity contribution in [1.82, 2.24) is 4.90 Å². The third-order valence-electron chi connectivity index (χ3n) is 4.98. The number of rotatable bonds is 8. The molecular weight excluding hydrogens is 412 g/mol. The molecule has 2 aromatic rings. The normalized spacial score (nSPS) is 17.9. The Bertz CT molecular complexity index is 911. The van der Waals surface area contributed by atoms with Crippen molar-refractivity contribution in [2.24, 2.45) is 0 Å². The maximum Gasteiger partial charge on any atom is 0.273 e. The van der Waals surface area contributed by atoms with Gasteiger partial charge in [-0.2, -0.15) is 0 Å². The molecular formula is C20H26N2O5S2. The van der Waals surface area contributed by atoms with Crippen LogP contribution in [0.4, 0.5) is 5.69 Å². The lowest BCUT2D eigenvalue weighted by Gasteiger charge is -2.25. The van der Waals surface area contributed by atoms with Gasteiger partial charge in [-0.3, -0.25) is 9.10 Å². The molecule has 0 radical (unpaired) electrons. The van der Waals surface area contributed by atoms with Gasteiger partial charge in [0.1, 0.15) is 9.96 Å². The van der Waals surface area contributed by atoms with Crippen LogP contribution in [0.1, 0.15) is 26.2 Å². The lowest BCUT2D eigenvalue weighted by molar-refractivity contribution is -0.134. The molecule has 1 aliphatic rings. The summed E-state index contributed by atoms with van der Waals surface area (Å²) in [6, 6.07) is 9.94. The average Bonchev–Trinajstić information content (AvgIpc) is 3.38. The number of carbonyl (C=O) groups excluding carboxylic acids is 1. The molecule has 1 aliphatic heterocycles. The first-order chi connectivity index (χ1) is 13.8. The number of aliphatic hydroxyl groups excluding tert-OH is 1. The van der Waals surface area contributed by atoms with Crippen LogP contribution in [0.3, 0.4) is 0 Å². The Hall–Kier alpha value is -2.10. The number of aliphatic hydroxyl groups is 1. The van der Waals surface area contributed by atoms with Gasteiger partial charge in [-0.1, -0.05) is 6.07 Å². The summed E-state index contributed by atoms with van der Waals surface area (Å²) in [4.78, 5) is 14.3. The van der Waals surface area contributed by atoms with E-state index >= 15 is 0 Å². The van der Waals surface area contributed by atoms with Crippen molar-refractivity contribution < 1.29 is 23.1 Å². The summed E-state index contributed by atoms with van der Waals surface area (Å²) < 4.78 is 32.3. The number of amides is 1. The Morgan fingerprint density at radius 2 is 2.07 bits per heavy atom. The molecule has 9 heteroatoms. The van der Waals surface area contributed by atoms with E-state index in [0.29, 0.717) is 24.4 Å². The van der Waals surface area contributed by atoms with Crippen LogP contribution in [0, 0.1) is 0 Å². The van der Waals surface area contributed by atoms with Crippen molar-refractivity contribution in [2.75, 3.05) is 24.5 Å². The van der Waals surface area contributed by atoms with Gasteiger partial charge in [0.05, 0.1) is 11.8 Å². The summed E-state index contributed by atoms with van der Waals surface area (Å²) in [5, 5.41) is 11.3. The second-order valence-corrected chi connectivity index (χ2v) is 10.3. The number of thiophene rings is 1. The van der Waals surface area contributed by atoms with Crippen LogP contribution in [0.2, 0.25) is 0 Å². The lowest BCUT2D eigenvalue weighted by atomic mass is 10.1. The number of hydrogen-bond donors (Lipinski definition) is 1. The average molecular weight is 439 g/mol. The number of nitrogens with zero attached hydrogens (tertiary/aromatic N) is 2. The molecule has 1 aromatic heterocycles. The molecule has 0 saturated carbocycles. The maximum atomic E-state index is 12.6. The van der Waals surface area contributed by atoms with E-state index in [-0.39, 0.29) is 22.8 Å². The van der Waals surface area contributed by atoms with Crippen LogP contribution in [0.5, 0.6) is 5.75 Å². The van der Waals surface area contributed by atoms with E-state index in [9.17, 15) is 18.3 Å². The van der Waals surface area contributed by atoms with Crippen LogP contribution in [0.25, 0.3) is 0 Å². The second-order valence-electron chi connectivity index (χ2n) is 7.16. The molecule has 2 atom stereocenters. The highest BCUT2D eigenvalue weighted by atomic mass is 32.2. The third kappa shape index (κ3) is 5.09. The number of anilines is 1. The summed E-state index contributed by atoms with van der Waals surface area (Å²) in [5.74, 6) is 0.393. The first kappa shape index (κ1) is 21.6. The Morgan fingerprint density at radius 3 is 2.69 bits per heavy atom. The van der Waals surface area contributed by atoms with Crippen molar-refractivity contribution in [3.8, 4) is 5.75 Å². The molecule has 0 aliphatic carbocycles. The molecule has 7 nitrogen and oxygen atoms in total. The largest absolute Gasteiger partial charge is 0.484 e. The number of benzene rings is 1. The van der Waals surface area contributed by atoms with Gasteiger partial charge in [-0.15, -0.1) is 11.3 Å². The van der Waals surface area contributed by atoms with Crippen LogP contribution in [-0.2, 0) is 14.8 Å². The SMILES string of the molecule is C[C@@H](O)C[C@@H]1CCCN1C(=O)COc1ccc(N(C)S(=O)(=O)c2cccs2)cc1. The monoisotopic (exact) mass is 438 g/mol. The van der Waals surface area contributed by atoms with Crippen LogP contribution in [-0.4, -0.2) is 56.7 Å². The van der Waals surface area contributed by atoms with E-state index in [1.165, 1.54) is 22.7 Å². The zero-order valence-corrected chi connectivity index (χ0v) is 18.2. The number of carbonyl (C=O) groups is 1. The molecule has 0 spiro atoms. The van der Waals surface area contributed by atoms with Gasteiger partial charge in [-0.05, 0) is 61.9 Å². The van der Waals surface area contributed by atoms with Gasteiger partial charge in [0.25, 0.3) is 15.9 Å². The van der Waals surface area contributed by atoms with Crippen LogP contribution >= 0.6 is 11.3 Å². The van der Waals surface area contributed by atoms with Crippen LogP contribution < -0.4 is 9.04 Å². The highest BCUT2D eigenvalue weighted by molar-refractivity contribution is 7.94. The van der Waals surface area contributed by atoms with Gasteiger partial charge in [0.2, 0.25) is 0 Å². The van der Waals surface area contributed by atoms with Crippen molar-refractivity contribution >= 4 is 33.0 Å². The van der Waals surface area contributed by atoms with Gasteiger partial charge in [0.15, 0.2) is 6.61 Å². The third-order valence-corrected chi connectivity index (χ3v) is 8.14. The first-order valence-electron chi connectivity index (χ1n) is 9.52. The summed E-state index contributed by atoms with van der Waals surface area (Å²) in [6.45, 7) is 2.33. The fraction of sp³-hybridized carbons (Fsp3) is 0.450. The highest BCUT2D eigenvalue weighted by Crippen LogP contribution is 2.27. The lowest BCUT2D eigenvalue weighted by Crippen LogP contribution is -2.40. The van der Waals surface area contributed by atoms with E-state index in [1.54, 1.807) is 53.6 Å². The molecule has 2 heterocycles. The molecule has 1 saturated heterocycles. The van der Waals surface area contributed by atoms with Gasteiger partial charge < -0.3 is 14.7 Å². The molecule has 1 amide bonds. The minimum Gasteiger partial charge on any atom is -0.484 e. The number of sulfonamides is 1.